The van der Waals surface area contributed by atoms with E-state index in [0.717, 1.165) is 32.6 Å². The van der Waals surface area contributed by atoms with Crippen LogP contribution in [-0.4, -0.2) is 43.7 Å². The van der Waals surface area contributed by atoms with Crippen molar-refractivity contribution in [3.8, 4) is 0 Å². The van der Waals surface area contributed by atoms with E-state index in [1.165, 1.54) is 0 Å². The first-order valence-electron chi connectivity index (χ1n) is 6.10. The average molecular weight is 265 g/mol. The van der Waals surface area contributed by atoms with Crippen LogP contribution in [-0.2, 0) is 9.53 Å². The van der Waals surface area contributed by atoms with Gasteiger partial charge in [-0.05, 0) is 24.7 Å². The molecule has 1 aliphatic rings. The molecule has 1 rings (SSSR count). The Bertz CT molecular complexity index is 231. The quantitative estimate of drug-likeness (QED) is 0.832. The number of hydrogen-bond donors (Lipinski definition) is 1. The highest BCUT2D eigenvalue weighted by atomic mass is 35.5. The van der Waals surface area contributed by atoms with Crippen LogP contribution in [0.1, 0.15) is 26.7 Å². The van der Waals surface area contributed by atoms with Gasteiger partial charge in [-0.25, -0.2) is 0 Å². The molecule has 2 N–H and O–H groups in total. The molecule has 0 saturated carbocycles. The third-order valence-corrected chi connectivity index (χ3v) is 3.07. The maximum Gasteiger partial charge on any atom is 0.239 e. The number of likely N-dealkylation sites (N-methyl/N-ethyl adjacent to an activating group) is 1. The van der Waals surface area contributed by atoms with Crippen LogP contribution in [0.2, 0.25) is 0 Å². The molecule has 1 aliphatic heterocycles. The summed E-state index contributed by atoms with van der Waals surface area (Å²) < 4.78 is 5.27. The van der Waals surface area contributed by atoms with Crippen LogP contribution in [0.3, 0.4) is 0 Å². The fraction of sp³-hybridized carbons (Fsp3) is 0.917. The van der Waals surface area contributed by atoms with E-state index in [9.17, 15) is 4.79 Å². The predicted octanol–water partition coefficient (Wildman–Crippen LogP) is 1.28. The van der Waals surface area contributed by atoms with Crippen LogP contribution in [0.25, 0.3) is 0 Å². The number of halogens is 1. The summed E-state index contributed by atoms with van der Waals surface area (Å²) in [5, 5.41) is 0. The standard InChI is InChI=1S/C12H24N2O2.ClH/c1-9(2)8-14(3)12(15)11(13)10-4-6-16-7-5-10;/h9-11H,4-8,13H2,1-3H3;1H. The van der Waals surface area contributed by atoms with Gasteiger partial charge in [0.15, 0.2) is 0 Å². The molecule has 0 radical (unpaired) electrons. The number of amides is 1. The second-order valence-corrected chi connectivity index (χ2v) is 5.09. The Balaban J connectivity index is 0.00000256. The SMILES string of the molecule is CC(C)CN(C)C(=O)C(N)C1CCOCC1.Cl. The molecule has 1 atom stereocenters. The van der Waals surface area contributed by atoms with E-state index in [1.54, 1.807) is 4.90 Å². The molecule has 1 saturated heterocycles. The van der Waals surface area contributed by atoms with E-state index in [0.29, 0.717) is 5.92 Å². The fourth-order valence-corrected chi connectivity index (χ4v) is 2.17. The molecule has 0 aromatic carbocycles. The Morgan fingerprint density at radius 3 is 2.41 bits per heavy atom. The third kappa shape index (κ3) is 5.23. The van der Waals surface area contributed by atoms with Gasteiger partial charge in [-0.15, -0.1) is 12.4 Å². The number of ether oxygens (including phenoxy) is 1. The molecule has 0 aromatic rings. The maximum atomic E-state index is 12.0. The average Bonchev–Trinajstić information content (AvgIpc) is 2.27. The van der Waals surface area contributed by atoms with Crippen LogP contribution < -0.4 is 5.73 Å². The zero-order valence-corrected chi connectivity index (χ0v) is 11.8. The Hall–Kier alpha value is -0.320. The molecule has 0 spiro atoms. The highest BCUT2D eigenvalue weighted by molar-refractivity contribution is 5.85. The molecule has 1 heterocycles. The second kappa shape index (κ2) is 7.90. The van der Waals surface area contributed by atoms with Gasteiger partial charge in [-0.3, -0.25) is 4.79 Å². The molecule has 102 valence electrons. The van der Waals surface area contributed by atoms with Crippen molar-refractivity contribution < 1.29 is 9.53 Å². The lowest BCUT2D eigenvalue weighted by Crippen LogP contribution is -2.48. The Kier molecular flexibility index (Phi) is 7.75. The van der Waals surface area contributed by atoms with Crippen molar-refractivity contribution in [2.75, 3.05) is 26.8 Å². The molecular formula is C12H25ClN2O2. The van der Waals surface area contributed by atoms with Crippen molar-refractivity contribution in [2.24, 2.45) is 17.6 Å². The van der Waals surface area contributed by atoms with Gasteiger partial charge >= 0.3 is 0 Å². The highest BCUT2D eigenvalue weighted by Gasteiger charge is 2.28. The van der Waals surface area contributed by atoms with Gasteiger partial charge in [0.2, 0.25) is 5.91 Å². The molecule has 17 heavy (non-hydrogen) atoms. The number of nitrogens with two attached hydrogens (primary N) is 1. The molecule has 1 fully saturated rings. The molecule has 5 heteroatoms. The van der Waals surface area contributed by atoms with Crippen LogP contribution in [0, 0.1) is 11.8 Å². The largest absolute Gasteiger partial charge is 0.381 e. The van der Waals surface area contributed by atoms with Crippen molar-refractivity contribution >= 4 is 18.3 Å². The molecule has 0 aromatic heterocycles. The Morgan fingerprint density at radius 2 is 1.94 bits per heavy atom. The first-order valence-corrected chi connectivity index (χ1v) is 6.10. The molecule has 0 aliphatic carbocycles. The molecule has 1 amide bonds. The maximum absolute atomic E-state index is 12.0. The van der Waals surface area contributed by atoms with E-state index < -0.39 is 0 Å². The molecular weight excluding hydrogens is 240 g/mol. The topological polar surface area (TPSA) is 55.6 Å². The van der Waals surface area contributed by atoms with Crippen LogP contribution >= 0.6 is 12.4 Å². The van der Waals surface area contributed by atoms with E-state index in [1.807, 2.05) is 7.05 Å². The number of hydrogen-bond acceptors (Lipinski definition) is 3. The summed E-state index contributed by atoms with van der Waals surface area (Å²) in [6, 6.07) is -0.354. The summed E-state index contributed by atoms with van der Waals surface area (Å²) in [6.45, 7) is 6.45. The van der Waals surface area contributed by atoms with Crippen molar-refractivity contribution in [1.82, 2.24) is 4.90 Å². The Labute approximate surface area is 110 Å². The van der Waals surface area contributed by atoms with E-state index in [2.05, 4.69) is 13.8 Å². The Morgan fingerprint density at radius 1 is 1.41 bits per heavy atom. The predicted molar refractivity (Wildman–Crippen MR) is 71.2 cm³/mol. The van der Waals surface area contributed by atoms with Crippen molar-refractivity contribution in [2.45, 2.75) is 32.7 Å². The molecule has 1 unspecified atom stereocenters. The zero-order chi connectivity index (χ0) is 12.1. The lowest BCUT2D eigenvalue weighted by atomic mass is 9.91. The minimum absolute atomic E-state index is 0. The summed E-state index contributed by atoms with van der Waals surface area (Å²) in [7, 11) is 1.83. The smallest absolute Gasteiger partial charge is 0.239 e. The van der Waals surface area contributed by atoms with Gasteiger partial charge in [0, 0.05) is 26.8 Å². The number of rotatable bonds is 4. The zero-order valence-electron chi connectivity index (χ0n) is 11.0. The fourth-order valence-electron chi connectivity index (χ4n) is 2.17. The summed E-state index contributed by atoms with van der Waals surface area (Å²) in [4.78, 5) is 13.8. The molecule has 4 nitrogen and oxygen atoms in total. The van der Waals surface area contributed by atoms with Gasteiger partial charge in [-0.2, -0.15) is 0 Å². The minimum atomic E-state index is -0.354. The van der Waals surface area contributed by atoms with Gasteiger partial charge in [0.1, 0.15) is 0 Å². The van der Waals surface area contributed by atoms with Gasteiger partial charge in [0.25, 0.3) is 0 Å². The number of nitrogens with zero attached hydrogens (tertiary/aromatic N) is 1. The van der Waals surface area contributed by atoms with E-state index in [-0.39, 0.29) is 30.3 Å². The highest BCUT2D eigenvalue weighted by Crippen LogP contribution is 2.18. The summed E-state index contributed by atoms with van der Waals surface area (Å²) in [5.74, 6) is 0.840. The lowest BCUT2D eigenvalue weighted by Gasteiger charge is -2.30. The van der Waals surface area contributed by atoms with Crippen molar-refractivity contribution in [1.29, 1.82) is 0 Å². The van der Waals surface area contributed by atoms with Crippen LogP contribution in [0.4, 0.5) is 0 Å². The summed E-state index contributed by atoms with van der Waals surface area (Å²) in [5.41, 5.74) is 6.02. The van der Waals surface area contributed by atoms with Gasteiger partial charge < -0.3 is 15.4 Å². The lowest BCUT2D eigenvalue weighted by molar-refractivity contribution is -0.133. The first kappa shape index (κ1) is 16.7. The van der Waals surface area contributed by atoms with Gasteiger partial charge in [-0.1, -0.05) is 13.8 Å². The second-order valence-electron chi connectivity index (χ2n) is 5.09. The summed E-state index contributed by atoms with van der Waals surface area (Å²) >= 11 is 0. The number of carbonyl (C=O) groups excluding carboxylic acids is 1. The number of carbonyl (C=O) groups is 1. The van der Waals surface area contributed by atoms with Crippen LogP contribution in [0.5, 0.6) is 0 Å². The monoisotopic (exact) mass is 264 g/mol. The summed E-state index contributed by atoms with van der Waals surface area (Å²) in [6.07, 6.45) is 1.81. The van der Waals surface area contributed by atoms with Crippen LogP contribution in [0.15, 0.2) is 0 Å². The first-order chi connectivity index (χ1) is 7.52. The minimum Gasteiger partial charge on any atom is -0.381 e. The molecule has 0 bridgehead atoms. The van der Waals surface area contributed by atoms with Crippen molar-refractivity contribution in [3.05, 3.63) is 0 Å². The van der Waals surface area contributed by atoms with E-state index in [4.69, 9.17) is 10.5 Å². The van der Waals surface area contributed by atoms with Crippen molar-refractivity contribution in [3.63, 3.8) is 0 Å². The van der Waals surface area contributed by atoms with E-state index >= 15 is 0 Å². The third-order valence-electron chi connectivity index (χ3n) is 3.07. The van der Waals surface area contributed by atoms with Gasteiger partial charge in [0.05, 0.1) is 6.04 Å². The normalized spacial score (nSPS) is 18.6.